The lowest BCUT2D eigenvalue weighted by molar-refractivity contribution is -0.0765. The van der Waals surface area contributed by atoms with E-state index in [1.807, 2.05) is 5.57 Å². The minimum absolute atomic E-state index is 0.111. The molecule has 0 aromatic rings. The van der Waals surface area contributed by atoms with E-state index >= 15 is 0 Å². The summed E-state index contributed by atoms with van der Waals surface area (Å²) in [5, 5.41) is 11.6. The summed E-state index contributed by atoms with van der Waals surface area (Å²) < 4.78 is 0. The molecule has 2 aliphatic heterocycles. The number of hydrogen-bond donors (Lipinski definition) is 1. The third-order valence-electron chi connectivity index (χ3n) is 11.6. The number of nitrogens with zero attached hydrogens (tertiary/aromatic N) is 2. The summed E-state index contributed by atoms with van der Waals surface area (Å²) >= 11 is 0. The van der Waals surface area contributed by atoms with Gasteiger partial charge in [-0.1, -0.05) is 31.9 Å². The van der Waals surface area contributed by atoms with Gasteiger partial charge in [0.15, 0.2) is 0 Å². The zero-order valence-electron chi connectivity index (χ0n) is 20.2. The fourth-order valence-corrected chi connectivity index (χ4v) is 9.65. The van der Waals surface area contributed by atoms with Crippen molar-refractivity contribution in [2.45, 2.75) is 109 Å². The quantitative estimate of drug-likeness (QED) is 0.612. The monoisotopic (exact) mass is 426 g/mol. The third kappa shape index (κ3) is 3.23. The van der Waals surface area contributed by atoms with Gasteiger partial charge in [-0.05, 0) is 125 Å². The van der Waals surface area contributed by atoms with Crippen LogP contribution in [-0.4, -0.2) is 59.3 Å². The molecule has 3 nitrogen and oxygen atoms in total. The summed E-state index contributed by atoms with van der Waals surface area (Å²) in [6.45, 7) is 10.2. The van der Waals surface area contributed by atoms with E-state index in [-0.39, 0.29) is 11.5 Å². The number of hydrogen-bond acceptors (Lipinski definition) is 3. The topological polar surface area (TPSA) is 26.7 Å². The molecule has 0 spiro atoms. The Kier molecular flexibility index (Phi) is 5.36. The van der Waals surface area contributed by atoms with Gasteiger partial charge in [-0.15, -0.1) is 0 Å². The van der Waals surface area contributed by atoms with Gasteiger partial charge >= 0.3 is 0 Å². The molecule has 8 unspecified atom stereocenters. The molecule has 31 heavy (non-hydrogen) atoms. The number of aliphatic hydroxyl groups is 1. The van der Waals surface area contributed by atoms with Crippen LogP contribution in [-0.2, 0) is 0 Å². The summed E-state index contributed by atoms with van der Waals surface area (Å²) in [6, 6.07) is 1.25. The van der Waals surface area contributed by atoms with Crippen molar-refractivity contribution in [1.82, 2.24) is 9.80 Å². The Balaban J connectivity index is 1.23. The van der Waals surface area contributed by atoms with E-state index in [9.17, 15) is 5.11 Å². The molecule has 6 rings (SSSR count). The van der Waals surface area contributed by atoms with Crippen LogP contribution in [0.25, 0.3) is 0 Å². The highest BCUT2D eigenvalue weighted by Crippen LogP contribution is 2.65. The van der Waals surface area contributed by atoms with E-state index < -0.39 is 0 Å². The molecule has 4 aliphatic carbocycles. The predicted molar refractivity (Wildman–Crippen MR) is 127 cm³/mol. The van der Waals surface area contributed by atoms with Gasteiger partial charge in [-0.3, -0.25) is 4.90 Å². The van der Waals surface area contributed by atoms with Crippen molar-refractivity contribution in [2.24, 2.45) is 28.6 Å². The second-order valence-corrected chi connectivity index (χ2v) is 12.8. The summed E-state index contributed by atoms with van der Waals surface area (Å²) in [5.74, 6) is 2.39. The maximum atomic E-state index is 11.6. The van der Waals surface area contributed by atoms with Crippen molar-refractivity contribution in [3.05, 3.63) is 11.6 Å². The molecule has 1 N–H and O–H groups in total. The molecular formula is C28H46N2O. The van der Waals surface area contributed by atoms with E-state index in [1.54, 1.807) is 0 Å². The van der Waals surface area contributed by atoms with E-state index in [0.717, 1.165) is 23.8 Å². The first-order valence-electron chi connectivity index (χ1n) is 13.9. The van der Waals surface area contributed by atoms with E-state index in [1.165, 1.54) is 103 Å². The molecule has 0 aromatic heterocycles. The molecule has 8 atom stereocenters. The third-order valence-corrected chi connectivity index (χ3v) is 11.6. The Labute approximate surface area is 190 Å². The first-order valence-corrected chi connectivity index (χ1v) is 13.9. The van der Waals surface area contributed by atoms with Gasteiger partial charge in [0.05, 0.1) is 6.10 Å². The van der Waals surface area contributed by atoms with Crippen LogP contribution in [0.15, 0.2) is 11.6 Å². The normalized spacial score (nSPS) is 51.1. The van der Waals surface area contributed by atoms with Gasteiger partial charge < -0.3 is 10.0 Å². The average Bonchev–Trinajstić information content (AvgIpc) is 3.41. The number of fused-ring (bicyclic) bond motifs is 5. The molecule has 3 saturated carbocycles. The molecule has 2 heterocycles. The SMILES string of the molecule is CC12CCC(N3CCCC3)CC1=CCC1C2CCC2(C)C(O)C(N3CCCCC3)CC12. The maximum Gasteiger partial charge on any atom is 0.0751 e. The van der Waals surface area contributed by atoms with Crippen molar-refractivity contribution in [3.8, 4) is 0 Å². The van der Waals surface area contributed by atoms with E-state index in [4.69, 9.17) is 0 Å². The maximum absolute atomic E-state index is 11.6. The van der Waals surface area contributed by atoms with E-state index in [2.05, 4.69) is 29.7 Å². The Morgan fingerprint density at radius 2 is 1.58 bits per heavy atom. The minimum atomic E-state index is -0.111. The number of likely N-dealkylation sites (tertiary alicyclic amines) is 2. The smallest absolute Gasteiger partial charge is 0.0751 e. The van der Waals surface area contributed by atoms with Crippen LogP contribution in [0, 0.1) is 28.6 Å². The van der Waals surface area contributed by atoms with Gasteiger partial charge in [0.25, 0.3) is 0 Å². The summed E-state index contributed by atoms with van der Waals surface area (Å²) in [6.07, 6.45) is 18.8. The van der Waals surface area contributed by atoms with Gasteiger partial charge in [0.2, 0.25) is 0 Å². The summed E-state index contributed by atoms with van der Waals surface area (Å²) in [4.78, 5) is 5.49. The Morgan fingerprint density at radius 3 is 2.35 bits per heavy atom. The van der Waals surface area contributed by atoms with Crippen LogP contribution in [0.2, 0.25) is 0 Å². The van der Waals surface area contributed by atoms with Crippen molar-refractivity contribution in [3.63, 3.8) is 0 Å². The number of rotatable bonds is 2. The second-order valence-electron chi connectivity index (χ2n) is 12.8. The van der Waals surface area contributed by atoms with Gasteiger partial charge in [0, 0.05) is 12.1 Å². The lowest BCUT2D eigenvalue weighted by Gasteiger charge is -2.58. The standard InChI is InChI=1S/C28H46N2O/c1-27-12-10-21(29-14-6-7-15-29)18-20(27)8-9-22-23(27)11-13-28(2)24(22)19-25(26(28)31)30-16-4-3-5-17-30/h8,21-26,31H,3-7,9-19H2,1-2H3. The van der Waals surface area contributed by atoms with Crippen molar-refractivity contribution < 1.29 is 5.11 Å². The van der Waals surface area contributed by atoms with Gasteiger partial charge in [-0.2, -0.15) is 0 Å². The molecule has 174 valence electrons. The molecule has 3 heteroatoms. The lowest BCUT2D eigenvalue weighted by Crippen LogP contribution is -2.53. The number of allylic oxidation sites excluding steroid dienone is 1. The average molecular weight is 427 g/mol. The minimum Gasteiger partial charge on any atom is -0.391 e. The Bertz CT molecular complexity index is 708. The predicted octanol–water partition coefficient (Wildman–Crippen LogP) is 5.24. The molecule has 0 radical (unpaired) electrons. The molecule has 2 saturated heterocycles. The molecule has 6 aliphatic rings. The first-order chi connectivity index (χ1) is 15.0. The van der Waals surface area contributed by atoms with Gasteiger partial charge in [0.1, 0.15) is 0 Å². The van der Waals surface area contributed by atoms with Crippen molar-refractivity contribution in [2.75, 3.05) is 26.2 Å². The van der Waals surface area contributed by atoms with Crippen LogP contribution < -0.4 is 0 Å². The fourth-order valence-electron chi connectivity index (χ4n) is 9.65. The van der Waals surface area contributed by atoms with Crippen molar-refractivity contribution >= 4 is 0 Å². The van der Waals surface area contributed by atoms with Crippen LogP contribution in [0.4, 0.5) is 0 Å². The highest BCUT2D eigenvalue weighted by atomic mass is 16.3. The summed E-state index contributed by atoms with van der Waals surface area (Å²) in [7, 11) is 0. The molecule has 5 fully saturated rings. The van der Waals surface area contributed by atoms with Crippen LogP contribution in [0.3, 0.4) is 0 Å². The molecular weight excluding hydrogens is 380 g/mol. The van der Waals surface area contributed by atoms with Crippen LogP contribution >= 0.6 is 0 Å². The number of piperidine rings is 1. The highest BCUT2D eigenvalue weighted by molar-refractivity contribution is 5.26. The Morgan fingerprint density at radius 1 is 0.871 bits per heavy atom. The van der Waals surface area contributed by atoms with Crippen LogP contribution in [0.5, 0.6) is 0 Å². The lowest BCUT2D eigenvalue weighted by atomic mass is 9.48. The number of aliphatic hydroxyl groups excluding tert-OH is 1. The molecule has 0 bridgehead atoms. The molecule has 0 aromatic carbocycles. The summed E-state index contributed by atoms with van der Waals surface area (Å²) in [5.41, 5.74) is 2.42. The van der Waals surface area contributed by atoms with E-state index in [0.29, 0.717) is 11.5 Å². The Hall–Kier alpha value is -0.380. The first kappa shape index (κ1) is 21.2. The van der Waals surface area contributed by atoms with Crippen LogP contribution in [0.1, 0.15) is 90.9 Å². The largest absolute Gasteiger partial charge is 0.391 e. The van der Waals surface area contributed by atoms with Gasteiger partial charge in [-0.25, -0.2) is 0 Å². The highest BCUT2D eigenvalue weighted by Gasteiger charge is 2.61. The molecule has 0 amide bonds. The zero-order valence-corrected chi connectivity index (χ0v) is 20.2. The fraction of sp³-hybridized carbons (Fsp3) is 0.929. The second kappa shape index (κ2) is 7.84. The zero-order chi connectivity index (χ0) is 21.2. The van der Waals surface area contributed by atoms with Crippen molar-refractivity contribution in [1.29, 1.82) is 0 Å².